The molecule has 136 valence electrons. The first-order chi connectivity index (χ1) is 12.3. The van der Waals surface area contributed by atoms with E-state index in [1.54, 1.807) is 62.4 Å². The molecule has 0 atom stereocenters. The van der Waals surface area contributed by atoms with E-state index < -0.39 is 24.5 Å². The zero-order valence-electron chi connectivity index (χ0n) is 14.3. The van der Waals surface area contributed by atoms with Gasteiger partial charge in [0.25, 0.3) is 5.91 Å². The Balaban J connectivity index is 1.84. The summed E-state index contributed by atoms with van der Waals surface area (Å²) in [6, 6.07) is 12.9. The van der Waals surface area contributed by atoms with Crippen molar-refractivity contribution in [2.75, 3.05) is 11.9 Å². The lowest BCUT2D eigenvalue weighted by Crippen LogP contribution is -2.21. The van der Waals surface area contributed by atoms with Crippen molar-refractivity contribution in [3.63, 3.8) is 0 Å². The number of halogens is 1. The fraction of sp³-hybridized carbons (Fsp3) is 0.211. The molecule has 0 radical (unpaired) electrons. The number of hydrogen-bond acceptors (Lipinski definition) is 5. The van der Waals surface area contributed by atoms with Gasteiger partial charge in [-0.2, -0.15) is 0 Å². The van der Waals surface area contributed by atoms with Crippen LogP contribution in [0.1, 0.15) is 34.6 Å². The van der Waals surface area contributed by atoms with Gasteiger partial charge in [-0.1, -0.05) is 15.9 Å². The molecule has 0 aliphatic heterocycles. The summed E-state index contributed by atoms with van der Waals surface area (Å²) in [6.07, 6.45) is -0.206. The molecule has 1 N–H and O–H groups in total. The summed E-state index contributed by atoms with van der Waals surface area (Å²) in [7, 11) is 0. The smallest absolute Gasteiger partial charge is 0.338 e. The van der Waals surface area contributed by atoms with Crippen molar-refractivity contribution in [3.05, 3.63) is 64.1 Å². The first-order valence-electron chi connectivity index (χ1n) is 7.88. The Morgan fingerprint density at radius 1 is 0.923 bits per heavy atom. The monoisotopic (exact) mass is 419 g/mol. The number of ether oxygens (including phenoxy) is 2. The second-order valence-electron chi connectivity index (χ2n) is 5.66. The highest BCUT2D eigenvalue weighted by Crippen LogP contribution is 2.13. The van der Waals surface area contributed by atoms with Crippen LogP contribution in [-0.2, 0) is 14.3 Å². The van der Waals surface area contributed by atoms with Gasteiger partial charge in [0, 0.05) is 10.2 Å². The van der Waals surface area contributed by atoms with E-state index >= 15 is 0 Å². The fourth-order valence-corrected chi connectivity index (χ4v) is 2.23. The van der Waals surface area contributed by atoms with Crippen LogP contribution in [0.5, 0.6) is 0 Å². The number of amides is 1. The second kappa shape index (κ2) is 9.15. The van der Waals surface area contributed by atoms with Crippen LogP contribution in [0.25, 0.3) is 0 Å². The molecule has 2 aromatic carbocycles. The van der Waals surface area contributed by atoms with Gasteiger partial charge >= 0.3 is 11.9 Å². The Kier molecular flexibility index (Phi) is 6.91. The summed E-state index contributed by atoms with van der Waals surface area (Å²) in [4.78, 5) is 35.5. The molecule has 0 aromatic heterocycles. The molecule has 0 fully saturated rings. The largest absolute Gasteiger partial charge is 0.459 e. The van der Waals surface area contributed by atoms with E-state index in [1.807, 2.05) is 0 Å². The van der Waals surface area contributed by atoms with Gasteiger partial charge in [0.15, 0.2) is 6.61 Å². The van der Waals surface area contributed by atoms with Crippen molar-refractivity contribution in [2.45, 2.75) is 20.0 Å². The summed E-state index contributed by atoms with van der Waals surface area (Å²) in [5.74, 6) is -1.49. The summed E-state index contributed by atoms with van der Waals surface area (Å²) in [6.45, 7) is 3.12. The molecule has 7 heteroatoms. The van der Waals surface area contributed by atoms with Gasteiger partial charge in [0.2, 0.25) is 0 Å². The Morgan fingerprint density at radius 3 is 2.04 bits per heavy atom. The minimum atomic E-state index is -0.584. The number of benzene rings is 2. The molecule has 0 aliphatic carbocycles. The van der Waals surface area contributed by atoms with Gasteiger partial charge < -0.3 is 14.8 Å². The molecular formula is C19H18BrNO5. The molecule has 0 bridgehead atoms. The number of carbonyl (C=O) groups excluding carboxylic acids is 3. The summed E-state index contributed by atoms with van der Waals surface area (Å²) >= 11 is 3.27. The molecule has 26 heavy (non-hydrogen) atoms. The highest BCUT2D eigenvalue weighted by molar-refractivity contribution is 9.10. The van der Waals surface area contributed by atoms with Gasteiger partial charge in [-0.3, -0.25) is 4.79 Å². The lowest BCUT2D eigenvalue weighted by Gasteiger charge is -2.09. The van der Waals surface area contributed by atoms with E-state index in [4.69, 9.17) is 9.47 Å². The van der Waals surface area contributed by atoms with Gasteiger partial charge in [-0.15, -0.1) is 0 Å². The van der Waals surface area contributed by atoms with Crippen molar-refractivity contribution in [2.24, 2.45) is 0 Å². The SMILES string of the molecule is CC(C)OC(=O)c1ccc(NC(=O)COC(=O)c2ccc(Br)cc2)cc1. The third-order valence-corrected chi connectivity index (χ3v) is 3.69. The molecule has 1 amide bonds. The summed E-state index contributed by atoms with van der Waals surface area (Å²) < 4.78 is 10.9. The second-order valence-corrected chi connectivity index (χ2v) is 6.58. The predicted molar refractivity (Wildman–Crippen MR) is 100 cm³/mol. The molecule has 0 saturated carbocycles. The first-order valence-corrected chi connectivity index (χ1v) is 8.68. The molecule has 2 aromatic rings. The maximum absolute atomic E-state index is 11.9. The Bertz CT molecular complexity index is 785. The average molecular weight is 420 g/mol. The normalized spacial score (nSPS) is 10.3. The summed E-state index contributed by atoms with van der Waals surface area (Å²) in [5.41, 5.74) is 1.23. The standard InChI is InChI=1S/C19H18BrNO5/c1-12(2)26-19(24)14-5-9-16(10-6-14)21-17(22)11-25-18(23)13-3-7-15(20)8-4-13/h3-10,12H,11H2,1-2H3,(H,21,22). The van der Waals surface area contributed by atoms with Crippen LogP contribution in [0.4, 0.5) is 5.69 Å². The number of anilines is 1. The number of esters is 2. The Labute approximate surface area is 159 Å². The van der Waals surface area contributed by atoms with Crippen molar-refractivity contribution in [1.29, 1.82) is 0 Å². The van der Waals surface area contributed by atoms with Crippen LogP contribution >= 0.6 is 15.9 Å². The van der Waals surface area contributed by atoms with Crippen LogP contribution in [0.3, 0.4) is 0 Å². The minimum Gasteiger partial charge on any atom is -0.459 e. The molecule has 0 aliphatic rings. The fourth-order valence-electron chi connectivity index (χ4n) is 1.97. The van der Waals surface area contributed by atoms with Crippen molar-refractivity contribution in [3.8, 4) is 0 Å². The van der Waals surface area contributed by atoms with Gasteiger partial charge in [-0.25, -0.2) is 9.59 Å². The van der Waals surface area contributed by atoms with Gasteiger partial charge in [0.05, 0.1) is 17.2 Å². The van der Waals surface area contributed by atoms with E-state index in [9.17, 15) is 14.4 Å². The van der Waals surface area contributed by atoms with E-state index in [0.29, 0.717) is 16.8 Å². The quantitative estimate of drug-likeness (QED) is 0.719. The molecule has 0 saturated heterocycles. The van der Waals surface area contributed by atoms with Crippen LogP contribution in [0.2, 0.25) is 0 Å². The maximum atomic E-state index is 11.9. The van der Waals surface area contributed by atoms with Crippen LogP contribution in [0.15, 0.2) is 53.0 Å². The first kappa shape index (κ1) is 19.7. The molecule has 0 unspecified atom stereocenters. The van der Waals surface area contributed by atoms with Gasteiger partial charge in [0.1, 0.15) is 0 Å². The highest BCUT2D eigenvalue weighted by atomic mass is 79.9. The third-order valence-electron chi connectivity index (χ3n) is 3.16. The van der Waals surface area contributed by atoms with E-state index in [1.165, 1.54) is 0 Å². The Hall–Kier alpha value is -2.67. The lowest BCUT2D eigenvalue weighted by molar-refractivity contribution is -0.119. The zero-order chi connectivity index (χ0) is 19.1. The molecule has 6 nitrogen and oxygen atoms in total. The average Bonchev–Trinajstić information content (AvgIpc) is 2.60. The van der Waals surface area contributed by atoms with E-state index in [-0.39, 0.29) is 6.10 Å². The van der Waals surface area contributed by atoms with E-state index in [2.05, 4.69) is 21.2 Å². The lowest BCUT2D eigenvalue weighted by atomic mass is 10.2. The van der Waals surface area contributed by atoms with Crippen molar-refractivity contribution >= 4 is 39.5 Å². The minimum absolute atomic E-state index is 0.206. The zero-order valence-corrected chi connectivity index (χ0v) is 15.9. The van der Waals surface area contributed by atoms with Crippen LogP contribution < -0.4 is 5.32 Å². The molecule has 0 heterocycles. The number of hydrogen-bond donors (Lipinski definition) is 1. The number of rotatable bonds is 6. The van der Waals surface area contributed by atoms with Crippen LogP contribution in [0, 0.1) is 0 Å². The van der Waals surface area contributed by atoms with Gasteiger partial charge in [-0.05, 0) is 62.4 Å². The molecular weight excluding hydrogens is 402 g/mol. The molecule has 0 spiro atoms. The number of carbonyl (C=O) groups is 3. The summed E-state index contributed by atoms with van der Waals surface area (Å²) in [5, 5.41) is 2.59. The van der Waals surface area contributed by atoms with Crippen molar-refractivity contribution in [1.82, 2.24) is 0 Å². The predicted octanol–water partition coefficient (Wildman–Crippen LogP) is 3.81. The Morgan fingerprint density at radius 2 is 1.46 bits per heavy atom. The van der Waals surface area contributed by atoms with E-state index in [0.717, 1.165) is 4.47 Å². The van der Waals surface area contributed by atoms with Crippen LogP contribution in [-0.4, -0.2) is 30.6 Å². The molecule has 2 rings (SSSR count). The maximum Gasteiger partial charge on any atom is 0.338 e. The topological polar surface area (TPSA) is 81.7 Å². The number of nitrogens with one attached hydrogen (secondary N) is 1. The van der Waals surface area contributed by atoms with Crippen molar-refractivity contribution < 1.29 is 23.9 Å². The highest BCUT2D eigenvalue weighted by Gasteiger charge is 2.12. The third kappa shape index (κ3) is 6.00.